The van der Waals surface area contributed by atoms with Crippen molar-refractivity contribution in [3.8, 4) is 22.9 Å². The Morgan fingerprint density at radius 2 is 2.12 bits per heavy atom. The third kappa shape index (κ3) is 3.54. The van der Waals surface area contributed by atoms with Crippen LogP contribution in [0.3, 0.4) is 0 Å². The van der Waals surface area contributed by atoms with Gasteiger partial charge in [0, 0.05) is 18.4 Å². The van der Waals surface area contributed by atoms with E-state index < -0.39 is 0 Å². The molecule has 3 aromatic rings. The van der Waals surface area contributed by atoms with Gasteiger partial charge in [0.15, 0.2) is 11.5 Å². The number of ether oxygens (including phenoxy) is 2. The van der Waals surface area contributed by atoms with Gasteiger partial charge in [-0.2, -0.15) is 4.98 Å². The molecule has 0 aliphatic heterocycles. The largest absolute Gasteiger partial charge is 0.493 e. The molecule has 0 atom stereocenters. The molecule has 0 N–H and O–H groups in total. The SMILES string of the molecule is CCOc1c(Cl)cc(-c2noc(CCc3ccco3)n2)cc1OC. The Labute approximate surface area is 144 Å². The zero-order valence-electron chi connectivity index (χ0n) is 13.4. The van der Waals surface area contributed by atoms with Gasteiger partial charge >= 0.3 is 0 Å². The molecule has 0 aliphatic carbocycles. The summed E-state index contributed by atoms with van der Waals surface area (Å²) in [5.41, 5.74) is 0.702. The van der Waals surface area contributed by atoms with Gasteiger partial charge in [-0.15, -0.1) is 0 Å². The summed E-state index contributed by atoms with van der Waals surface area (Å²) in [6, 6.07) is 7.27. The number of furan rings is 1. The van der Waals surface area contributed by atoms with Gasteiger partial charge in [-0.3, -0.25) is 0 Å². The summed E-state index contributed by atoms with van der Waals surface area (Å²) in [4.78, 5) is 4.40. The number of rotatable bonds is 7. The van der Waals surface area contributed by atoms with Crippen LogP contribution in [0.1, 0.15) is 18.6 Å². The van der Waals surface area contributed by atoms with E-state index in [1.54, 1.807) is 25.5 Å². The normalized spacial score (nSPS) is 10.8. The molecule has 0 unspecified atom stereocenters. The van der Waals surface area contributed by atoms with Crippen molar-refractivity contribution >= 4 is 11.6 Å². The van der Waals surface area contributed by atoms with Gasteiger partial charge in [0.25, 0.3) is 0 Å². The van der Waals surface area contributed by atoms with Crippen molar-refractivity contribution in [1.29, 1.82) is 0 Å². The molecule has 1 aromatic carbocycles. The molecule has 126 valence electrons. The maximum absolute atomic E-state index is 6.27. The Balaban J connectivity index is 1.80. The molecule has 24 heavy (non-hydrogen) atoms. The van der Waals surface area contributed by atoms with Gasteiger partial charge in [0.05, 0.1) is 25.0 Å². The highest BCUT2D eigenvalue weighted by Gasteiger charge is 2.16. The highest BCUT2D eigenvalue weighted by atomic mass is 35.5. The second kappa shape index (κ2) is 7.40. The van der Waals surface area contributed by atoms with E-state index in [1.165, 1.54) is 0 Å². The van der Waals surface area contributed by atoms with E-state index in [9.17, 15) is 0 Å². The zero-order chi connectivity index (χ0) is 16.9. The quantitative estimate of drug-likeness (QED) is 0.638. The first kappa shape index (κ1) is 16.4. The Bertz CT molecular complexity index is 799. The third-order valence-electron chi connectivity index (χ3n) is 3.41. The van der Waals surface area contributed by atoms with Crippen LogP contribution in [0.2, 0.25) is 5.02 Å². The van der Waals surface area contributed by atoms with Crippen LogP contribution in [0.4, 0.5) is 0 Å². The van der Waals surface area contributed by atoms with Crippen molar-refractivity contribution < 1.29 is 18.4 Å². The molecule has 0 saturated heterocycles. The Kier molecular flexibility index (Phi) is 5.05. The average molecular weight is 349 g/mol. The molecule has 0 amide bonds. The summed E-state index contributed by atoms with van der Waals surface area (Å²) in [7, 11) is 1.56. The average Bonchev–Trinajstić information content (AvgIpc) is 3.26. The van der Waals surface area contributed by atoms with Crippen molar-refractivity contribution in [2.24, 2.45) is 0 Å². The van der Waals surface area contributed by atoms with Crippen LogP contribution in [0.15, 0.2) is 39.5 Å². The maximum atomic E-state index is 6.27. The van der Waals surface area contributed by atoms with E-state index >= 15 is 0 Å². The van der Waals surface area contributed by atoms with Gasteiger partial charge in [-0.05, 0) is 31.2 Å². The Hall–Kier alpha value is -2.47. The fourth-order valence-electron chi connectivity index (χ4n) is 2.29. The number of aromatic nitrogens is 2. The van der Waals surface area contributed by atoms with E-state index in [0.29, 0.717) is 53.2 Å². The predicted molar refractivity (Wildman–Crippen MR) is 88.6 cm³/mol. The number of aryl methyl sites for hydroxylation is 2. The van der Waals surface area contributed by atoms with Gasteiger partial charge in [-0.1, -0.05) is 16.8 Å². The summed E-state index contributed by atoms with van der Waals surface area (Å²) in [6.07, 6.45) is 2.94. The topological polar surface area (TPSA) is 70.5 Å². The lowest BCUT2D eigenvalue weighted by molar-refractivity contribution is 0.311. The molecule has 3 rings (SSSR count). The molecular formula is C17H17ClN2O4. The Morgan fingerprint density at radius 3 is 2.83 bits per heavy atom. The Morgan fingerprint density at radius 1 is 1.25 bits per heavy atom. The van der Waals surface area contributed by atoms with E-state index in [0.717, 1.165) is 5.76 Å². The van der Waals surface area contributed by atoms with E-state index in [1.807, 2.05) is 19.1 Å². The smallest absolute Gasteiger partial charge is 0.227 e. The van der Waals surface area contributed by atoms with Gasteiger partial charge < -0.3 is 18.4 Å². The molecule has 0 fully saturated rings. The molecule has 0 saturated carbocycles. The molecular weight excluding hydrogens is 332 g/mol. The van der Waals surface area contributed by atoms with Crippen LogP contribution in [0.25, 0.3) is 11.4 Å². The number of nitrogens with zero attached hydrogens (tertiary/aromatic N) is 2. The summed E-state index contributed by atoms with van der Waals surface area (Å²) >= 11 is 6.27. The highest BCUT2D eigenvalue weighted by Crippen LogP contribution is 2.38. The summed E-state index contributed by atoms with van der Waals surface area (Å²) < 4.78 is 21.4. The minimum Gasteiger partial charge on any atom is -0.493 e. The van der Waals surface area contributed by atoms with Crippen LogP contribution in [0.5, 0.6) is 11.5 Å². The number of hydrogen-bond acceptors (Lipinski definition) is 6. The van der Waals surface area contributed by atoms with Gasteiger partial charge in [0.2, 0.25) is 11.7 Å². The maximum Gasteiger partial charge on any atom is 0.227 e. The van der Waals surface area contributed by atoms with E-state index in [4.69, 9.17) is 30.0 Å². The van der Waals surface area contributed by atoms with Crippen LogP contribution < -0.4 is 9.47 Å². The summed E-state index contributed by atoms with van der Waals surface area (Å²) in [5, 5.41) is 4.44. The fraction of sp³-hybridized carbons (Fsp3) is 0.294. The molecule has 7 heteroatoms. The van der Waals surface area contributed by atoms with Crippen molar-refractivity contribution in [2.75, 3.05) is 13.7 Å². The van der Waals surface area contributed by atoms with E-state index in [2.05, 4.69) is 10.1 Å². The summed E-state index contributed by atoms with van der Waals surface area (Å²) in [5.74, 6) is 2.90. The van der Waals surface area contributed by atoms with Crippen LogP contribution in [0, 0.1) is 0 Å². The zero-order valence-corrected chi connectivity index (χ0v) is 14.2. The van der Waals surface area contributed by atoms with Crippen molar-refractivity contribution in [2.45, 2.75) is 19.8 Å². The number of methoxy groups -OCH3 is 1. The molecule has 2 aromatic heterocycles. The first-order valence-corrected chi connectivity index (χ1v) is 7.94. The summed E-state index contributed by atoms with van der Waals surface area (Å²) in [6.45, 7) is 2.38. The van der Waals surface area contributed by atoms with Crippen LogP contribution >= 0.6 is 11.6 Å². The second-order valence-corrected chi connectivity index (χ2v) is 5.42. The standard InChI is InChI=1S/C17H17ClN2O4/c1-3-22-16-13(18)9-11(10-14(16)21-2)17-19-15(24-20-17)7-6-12-5-4-8-23-12/h4-5,8-10H,3,6-7H2,1-2H3. The van der Waals surface area contributed by atoms with Gasteiger partial charge in [-0.25, -0.2) is 0 Å². The molecule has 0 bridgehead atoms. The fourth-order valence-corrected chi connectivity index (χ4v) is 2.56. The number of hydrogen-bond donors (Lipinski definition) is 0. The van der Waals surface area contributed by atoms with Crippen molar-refractivity contribution in [3.63, 3.8) is 0 Å². The number of halogens is 1. The highest BCUT2D eigenvalue weighted by molar-refractivity contribution is 6.32. The molecule has 6 nitrogen and oxygen atoms in total. The number of benzene rings is 1. The van der Waals surface area contributed by atoms with Crippen molar-refractivity contribution in [1.82, 2.24) is 10.1 Å². The van der Waals surface area contributed by atoms with Crippen LogP contribution in [-0.2, 0) is 12.8 Å². The second-order valence-electron chi connectivity index (χ2n) is 5.01. The van der Waals surface area contributed by atoms with Gasteiger partial charge in [0.1, 0.15) is 5.76 Å². The first-order chi connectivity index (χ1) is 11.7. The predicted octanol–water partition coefficient (Wildman–Crippen LogP) is 4.18. The monoisotopic (exact) mass is 348 g/mol. The lowest BCUT2D eigenvalue weighted by Gasteiger charge is -2.11. The minimum atomic E-state index is 0.438. The lowest BCUT2D eigenvalue weighted by Crippen LogP contribution is -1.97. The molecule has 0 radical (unpaired) electrons. The third-order valence-corrected chi connectivity index (χ3v) is 3.69. The minimum absolute atomic E-state index is 0.438. The lowest BCUT2D eigenvalue weighted by atomic mass is 10.2. The molecule has 0 aliphatic rings. The first-order valence-electron chi connectivity index (χ1n) is 7.57. The molecule has 0 spiro atoms. The van der Waals surface area contributed by atoms with Crippen LogP contribution in [-0.4, -0.2) is 23.9 Å². The molecule has 2 heterocycles. The van der Waals surface area contributed by atoms with E-state index in [-0.39, 0.29) is 0 Å². The van der Waals surface area contributed by atoms with Crippen molar-refractivity contribution in [3.05, 3.63) is 47.2 Å².